The van der Waals surface area contributed by atoms with Crippen molar-refractivity contribution >= 4 is 22.5 Å². The van der Waals surface area contributed by atoms with Crippen LogP contribution < -0.4 is 10.1 Å². The smallest absolute Gasteiger partial charge is 0.270 e. The topological polar surface area (TPSA) is 96.8 Å². The molecule has 1 amide bonds. The first-order chi connectivity index (χ1) is 15.9. The minimum Gasteiger partial charge on any atom is -0.496 e. The van der Waals surface area contributed by atoms with E-state index in [-0.39, 0.29) is 5.91 Å². The molecule has 1 aromatic heterocycles. The Morgan fingerprint density at radius 1 is 1.33 bits per heavy atom. The lowest BCUT2D eigenvalue weighted by Crippen LogP contribution is -2.46. The summed E-state index contributed by atoms with van der Waals surface area (Å²) in [6, 6.07) is 6.26. The lowest BCUT2D eigenvalue weighted by molar-refractivity contribution is -0.114. The molecule has 2 aromatic rings. The van der Waals surface area contributed by atoms with Gasteiger partial charge in [-0.15, -0.1) is 0 Å². The third-order valence-corrected chi connectivity index (χ3v) is 6.31. The molecule has 8 nitrogen and oxygen atoms in total. The van der Waals surface area contributed by atoms with Gasteiger partial charge >= 0.3 is 0 Å². The van der Waals surface area contributed by atoms with Gasteiger partial charge in [0.05, 0.1) is 13.2 Å². The first-order valence-corrected chi connectivity index (χ1v) is 11.3. The van der Waals surface area contributed by atoms with Crippen LogP contribution in [0, 0.1) is 18.3 Å². The van der Waals surface area contributed by atoms with E-state index < -0.39 is 0 Å². The molecule has 2 heterocycles. The second-order valence-corrected chi connectivity index (χ2v) is 8.40. The zero-order chi connectivity index (χ0) is 24.0. The Morgan fingerprint density at radius 3 is 2.67 bits per heavy atom. The normalized spacial score (nSPS) is 16.4. The van der Waals surface area contributed by atoms with Gasteiger partial charge < -0.3 is 19.9 Å². The van der Waals surface area contributed by atoms with Crippen LogP contribution >= 0.6 is 0 Å². The molecule has 1 fully saturated rings. The van der Waals surface area contributed by atoms with Gasteiger partial charge in [-0.1, -0.05) is 6.92 Å². The predicted molar refractivity (Wildman–Crippen MR) is 132 cm³/mol. The number of allylic oxidation sites excluding steroid dienone is 1. The minimum absolute atomic E-state index is 0.283. The fraction of sp³-hybridized carbons (Fsp3) is 0.480. The molecule has 3 rings (SSSR count). The number of aliphatic imine (C=N–C) groups is 1. The van der Waals surface area contributed by atoms with E-state index >= 15 is 0 Å². The number of nitrogens with zero attached hydrogens (tertiary/aromatic N) is 4. The van der Waals surface area contributed by atoms with Crippen molar-refractivity contribution in [2.75, 3.05) is 53.9 Å². The van der Waals surface area contributed by atoms with Crippen LogP contribution in [0.2, 0.25) is 0 Å². The van der Waals surface area contributed by atoms with Crippen LogP contribution in [-0.4, -0.2) is 80.3 Å². The van der Waals surface area contributed by atoms with Gasteiger partial charge in [-0.3, -0.25) is 14.7 Å². The first-order valence-electron chi connectivity index (χ1n) is 11.3. The second-order valence-electron chi connectivity index (χ2n) is 8.40. The summed E-state index contributed by atoms with van der Waals surface area (Å²) in [4.78, 5) is 25.4. The molecule has 0 spiro atoms. The van der Waals surface area contributed by atoms with Gasteiger partial charge in [-0.2, -0.15) is 5.26 Å². The Morgan fingerprint density at radius 2 is 2.06 bits per heavy atom. The molecule has 2 N–H and O–H groups in total. The quantitative estimate of drug-likeness (QED) is 0.476. The zero-order valence-corrected chi connectivity index (χ0v) is 20.3. The molecule has 0 atom stereocenters. The fourth-order valence-corrected chi connectivity index (χ4v) is 4.33. The summed E-state index contributed by atoms with van der Waals surface area (Å²) in [5.41, 5.74) is 4.65. The molecule has 33 heavy (non-hydrogen) atoms. The van der Waals surface area contributed by atoms with Crippen molar-refractivity contribution in [1.82, 2.24) is 20.1 Å². The summed E-state index contributed by atoms with van der Waals surface area (Å²) < 4.78 is 5.59. The average Bonchev–Trinajstić information content (AvgIpc) is 3.31. The first kappa shape index (κ1) is 24.5. The third kappa shape index (κ3) is 5.44. The number of carbonyl (C=O) groups excluding carboxylic acids is 1. The Labute approximate surface area is 195 Å². The highest BCUT2D eigenvalue weighted by Crippen LogP contribution is 2.30. The number of nitrogens with one attached hydrogen (secondary N) is 2. The van der Waals surface area contributed by atoms with Crippen molar-refractivity contribution in [3.63, 3.8) is 0 Å². The van der Waals surface area contributed by atoms with Crippen LogP contribution in [0.3, 0.4) is 0 Å². The van der Waals surface area contributed by atoms with Gasteiger partial charge in [0, 0.05) is 80.1 Å². The maximum atomic E-state index is 13.3. The molecule has 0 radical (unpaired) electrons. The van der Waals surface area contributed by atoms with E-state index in [1.807, 2.05) is 32.2 Å². The number of likely N-dealkylation sites (N-methyl/N-ethyl adjacent to an activating group) is 1. The molecule has 176 valence electrons. The van der Waals surface area contributed by atoms with Crippen LogP contribution in [0.5, 0.6) is 5.75 Å². The van der Waals surface area contributed by atoms with Crippen molar-refractivity contribution in [2.24, 2.45) is 4.99 Å². The molecule has 1 aromatic carbocycles. The van der Waals surface area contributed by atoms with Crippen LogP contribution in [-0.2, 0) is 11.3 Å². The molecule has 8 heteroatoms. The Balaban J connectivity index is 1.84. The van der Waals surface area contributed by atoms with E-state index in [0.717, 1.165) is 54.0 Å². The molecular formula is C25H34N6O2. The molecular weight excluding hydrogens is 416 g/mol. The summed E-state index contributed by atoms with van der Waals surface area (Å²) in [5.74, 6) is 0.448. The number of carbonyl (C=O) groups is 1. The summed E-state index contributed by atoms with van der Waals surface area (Å²) in [6.07, 6.45) is 2.44. The Hall–Kier alpha value is -3.15. The Kier molecular flexibility index (Phi) is 8.26. The number of fused-ring (bicyclic) bond motifs is 1. The highest BCUT2D eigenvalue weighted by Gasteiger charge is 2.24. The number of hydrogen-bond acceptors (Lipinski definition) is 6. The van der Waals surface area contributed by atoms with Crippen LogP contribution in [0.15, 0.2) is 34.5 Å². The number of hydrogen-bond donors (Lipinski definition) is 2. The van der Waals surface area contributed by atoms with Gasteiger partial charge in [-0.05, 0) is 38.1 Å². The van der Waals surface area contributed by atoms with Crippen LogP contribution in [0.4, 0.5) is 0 Å². The lowest BCUT2D eigenvalue weighted by atomic mass is 9.99. The predicted octanol–water partition coefficient (Wildman–Crippen LogP) is 2.65. The molecule has 1 aliphatic heterocycles. The number of ether oxygens (including phenoxy) is 1. The molecule has 0 saturated carbocycles. The van der Waals surface area contributed by atoms with E-state index in [1.54, 1.807) is 14.2 Å². The van der Waals surface area contributed by atoms with Crippen LogP contribution in [0.25, 0.3) is 10.9 Å². The largest absolute Gasteiger partial charge is 0.496 e. The SMILES string of the molecule is CC/C(C#N)=C(/CN1CCN(C)CC1)C(=NC)C(=O)NCc1c(OC)cc(C)c2[nH]ccc12. The number of amides is 1. The number of piperazine rings is 1. The summed E-state index contributed by atoms with van der Waals surface area (Å²) in [6.45, 7) is 8.52. The molecule has 0 aliphatic carbocycles. The summed E-state index contributed by atoms with van der Waals surface area (Å²) in [5, 5.41) is 13.8. The monoisotopic (exact) mass is 450 g/mol. The number of nitriles is 1. The number of aryl methyl sites for hydroxylation is 1. The lowest BCUT2D eigenvalue weighted by Gasteiger charge is -2.33. The van der Waals surface area contributed by atoms with Crippen molar-refractivity contribution in [3.05, 3.63) is 40.6 Å². The van der Waals surface area contributed by atoms with Gasteiger partial charge in [-0.25, -0.2) is 0 Å². The maximum Gasteiger partial charge on any atom is 0.270 e. The van der Waals surface area contributed by atoms with Gasteiger partial charge in [0.15, 0.2) is 0 Å². The molecule has 1 aliphatic rings. The average molecular weight is 451 g/mol. The summed E-state index contributed by atoms with van der Waals surface area (Å²) in [7, 11) is 5.35. The van der Waals surface area contributed by atoms with Gasteiger partial charge in [0.1, 0.15) is 11.5 Å². The molecule has 0 bridgehead atoms. The maximum absolute atomic E-state index is 13.3. The number of aromatic amines is 1. The van der Waals surface area contributed by atoms with Crippen molar-refractivity contribution in [3.8, 4) is 11.8 Å². The second kappa shape index (κ2) is 11.1. The highest BCUT2D eigenvalue weighted by molar-refractivity contribution is 6.45. The molecule has 1 saturated heterocycles. The molecule has 0 unspecified atom stereocenters. The highest BCUT2D eigenvalue weighted by atomic mass is 16.5. The van der Waals surface area contributed by atoms with E-state index in [4.69, 9.17) is 4.74 Å². The number of benzene rings is 1. The number of methoxy groups -OCH3 is 1. The van der Waals surface area contributed by atoms with Crippen LogP contribution in [0.1, 0.15) is 24.5 Å². The van der Waals surface area contributed by atoms with Gasteiger partial charge in [0.25, 0.3) is 5.91 Å². The summed E-state index contributed by atoms with van der Waals surface area (Å²) >= 11 is 0. The number of rotatable bonds is 8. The van der Waals surface area contributed by atoms with Crippen molar-refractivity contribution in [1.29, 1.82) is 5.26 Å². The Bertz CT molecular complexity index is 1100. The third-order valence-electron chi connectivity index (χ3n) is 6.31. The van der Waals surface area contributed by atoms with Crippen molar-refractivity contribution in [2.45, 2.75) is 26.8 Å². The standard InChI is InChI=1S/C25H34N6O2/c1-6-18(14-26)21(16-31-11-9-30(4)10-12-31)24(27-3)25(32)29-15-20-19-7-8-28-23(19)17(2)13-22(20)33-5/h7-8,13,28H,6,9-12,15-16H2,1-5H3,(H,29,32)/b21-18+,27-24?. The van der Waals surface area contributed by atoms with E-state index in [9.17, 15) is 10.1 Å². The number of H-pyrrole nitrogens is 1. The fourth-order valence-electron chi connectivity index (χ4n) is 4.33. The van der Waals surface area contributed by atoms with E-state index in [0.29, 0.717) is 36.4 Å². The minimum atomic E-state index is -0.283. The number of aromatic nitrogens is 1. The van der Waals surface area contributed by atoms with Gasteiger partial charge in [0.2, 0.25) is 0 Å². The van der Waals surface area contributed by atoms with E-state index in [2.05, 4.69) is 38.2 Å². The zero-order valence-electron chi connectivity index (χ0n) is 20.3. The van der Waals surface area contributed by atoms with Crippen molar-refractivity contribution < 1.29 is 9.53 Å². The van der Waals surface area contributed by atoms with E-state index in [1.165, 1.54) is 0 Å².